The molecule has 1 aliphatic rings. The van der Waals surface area contributed by atoms with Crippen molar-refractivity contribution in [3.05, 3.63) is 47.1 Å². The first kappa shape index (κ1) is 15.1. The van der Waals surface area contributed by atoms with Gasteiger partial charge in [0, 0.05) is 13.1 Å². The second-order valence-corrected chi connectivity index (χ2v) is 6.53. The van der Waals surface area contributed by atoms with Crippen molar-refractivity contribution < 1.29 is 18.5 Å². The summed E-state index contributed by atoms with van der Waals surface area (Å²) in [4.78, 5) is 19.1. The van der Waals surface area contributed by atoms with Crippen LogP contribution in [-0.4, -0.2) is 41.2 Å². The highest BCUT2D eigenvalue weighted by Gasteiger charge is 2.33. The molecule has 0 unspecified atom stereocenters. The summed E-state index contributed by atoms with van der Waals surface area (Å²) in [5.74, 6) is 2.05. The number of methoxy groups -OCH3 is 1. The Kier molecular flexibility index (Phi) is 3.91. The maximum atomic E-state index is 11.4. The van der Waals surface area contributed by atoms with E-state index in [1.807, 2.05) is 17.5 Å². The van der Waals surface area contributed by atoms with Crippen LogP contribution >= 0.6 is 11.3 Å². The topological polar surface area (TPSA) is 81.6 Å². The minimum atomic E-state index is -0.463. The van der Waals surface area contributed by atoms with Crippen molar-refractivity contribution in [2.45, 2.75) is 12.5 Å². The Hall–Kier alpha value is -2.45. The third-order valence-electron chi connectivity index (χ3n) is 3.92. The summed E-state index contributed by atoms with van der Waals surface area (Å²) < 4.78 is 15.5. The predicted molar refractivity (Wildman–Crippen MR) is 85.7 cm³/mol. The molecule has 4 rings (SSSR count). The summed E-state index contributed by atoms with van der Waals surface area (Å²) in [5.41, 5.74) is 0. The summed E-state index contributed by atoms with van der Waals surface area (Å²) >= 11 is 1.59. The van der Waals surface area contributed by atoms with E-state index in [4.69, 9.17) is 8.94 Å². The van der Waals surface area contributed by atoms with Crippen molar-refractivity contribution in [1.82, 2.24) is 15.0 Å². The molecule has 0 atom stereocenters. The molecular weight excluding hydrogens is 330 g/mol. The first-order valence-electron chi connectivity index (χ1n) is 7.50. The van der Waals surface area contributed by atoms with Gasteiger partial charge in [-0.15, -0.1) is 11.3 Å². The van der Waals surface area contributed by atoms with Gasteiger partial charge in [0.15, 0.2) is 0 Å². The smallest absolute Gasteiger partial charge is 0.373 e. The van der Waals surface area contributed by atoms with E-state index in [1.54, 1.807) is 23.5 Å². The molecule has 0 amide bonds. The lowest BCUT2D eigenvalue weighted by atomic mass is 10.00. The third-order valence-corrected chi connectivity index (χ3v) is 4.78. The van der Waals surface area contributed by atoms with Crippen LogP contribution in [0.3, 0.4) is 0 Å². The van der Waals surface area contributed by atoms with Crippen molar-refractivity contribution in [2.75, 3.05) is 20.2 Å². The van der Waals surface area contributed by atoms with Gasteiger partial charge in [0.2, 0.25) is 17.5 Å². The zero-order valence-electron chi connectivity index (χ0n) is 13.0. The van der Waals surface area contributed by atoms with Crippen LogP contribution in [0.25, 0.3) is 10.7 Å². The van der Waals surface area contributed by atoms with E-state index >= 15 is 0 Å². The van der Waals surface area contributed by atoms with Gasteiger partial charge in [-0.25, -0.2) is 4.79 Å². The fourth-order valence-electron chi connectivity index (χ4n) is 2.66. The van der Waals surface area contributed by atoms with Gasteiger partial charge >= 0.3 is 5.97 Å². The van der Waals surface area contributed by atoms with Crippen LogP contribution in [0.1, 0.15) is 28.1 Å². The minimum absolute atomic E-state index is 0.224. The van der Waals surface area contributed by atoms with E-state index in [1.165, 1.54) is 7.11 Å². The quantitative estimate of drug-likeness (QED) is 0.658. The van der Waals surface area contributed by atoms with Crippen LogP contribution in [0.2, 0.25) is 0 Å². The predicted octanol–water partition coefficient (Wildman–Crippen LogP) is 2.78. The van der Waals surface area contributed by atoms with Gasteiger partial charge in [0.1, 0.15) is 5.76 Å². The van der Waals surface area contributed by atoms with Gasteiger partial charge in [-0.2, -0.15) is 4.98 Å². The lowest BCUT2D eigenvalue weighted by Crippen LogP contribution is -2.44. The summed E-state index contributed by atoms with van der Waals surface area (Å²) in [5, 5.41) is 6.03. The zero-order valence-corrected chi connectivity index (χ0v) is 13.8. The van der Waals surface area contributed by atoms with E-state index in [0.717, 1.165) is 23.7 Å². The highest BCUT2D eigenvalue weighted by molar-refractivity contribution is 7.13. The molecule has 0 spiro atoms. The van der Waals surface area contributed by atoms with Gasteiger partial charge in [-0.1, -0.05) is 11.2 Å². The van der Waals surface area contributed by atoms with Crippen LogP contribution in [0.4, 0.5) is 0 Å². The largest absolute Gasteiger partial charge is 0.463 e. The van der Waals surface area contributed by atoms with E-state index in [9.17, 15) is 4.79 Å². The fraction of sp³-hybridized carbons (Fsp3) is 0.312. The number of esters is 1. The Morgan fingerprint density at radius 3 is 3.04 bits per heavy atom. The summed E-state index contributed by atoms with van der Waals surface area (Å²) in [6.45, 7) is 2.28. The van der Waals surface area contributed by atoms with Gasteiger partial charge in [-0.3, -0.25) is 4.90 Å². The van der Waals surface area contributed by atoms with Crippen molar-refractivity contribution in [1.29, 1.82) is 0 Å². The summed E-state index contributed by atoms with van der Waals surface area (Å²) in [6, 6.07) is 7.36. The number of rotatable bonds is 5. The average molecular weight is 345 g/mol. The number of aromatic nitrogens is 2. The lowest BCUT2D eigenvalue weighted by Gasteiger charge is -2.36. The average Bonchev–Trinajstić information content (AvgIpc) is 3.29. The number of carbonyl (C=O) groups excluding carboxylic acids is 1. The van der Waals surface area contributed by atoms with E-state index < -0.39 is 5.97 Å². The molecule has 0 radical (unpaired) electrons. The zero-order chi connectivity index (χ0) is 16.5. The Balaban J connectivity index is 1.33. The van der Waals surface area contributed by atoms with Crippen molar-refractivity contribution >= 4 is 17.3 Å². The number of hydrogen-bond acceptors (Lipinski definition) is 8. The van der Waals surface area contributed by atoms with E-state index in [-0.39, 0.29) is 11.7 Å². The number of carbonyl (C=O) groups is 1. The monoisotopic (exact) mass is 345 g/mol. The first-order chi connectivity index (χ1) is 11.7. The Bertz CT molecular complexity index is 833. The molecule has 124 valence electrons. The molecule has 1 aliphatic heterocycles. The van der Waals surface area contributed by atoms with E-state index in [0.29, 0.717) is 18.3 Å². The second-order valence-electron chi connectivity index (χ2n) is 5.58. The van der Waals surface area contributed by atoms with Gasteiger partial charge in [0.25, 0.3) is 0 Å². The van der Waals surface area contributed by atoms with Crippen LogP contribution in [0.5, 0.6) is 0 Å². The number of nitrogens with zero attached hydrogens (tertiary/aromatic N) is 3. The molecule has 1 saturated heterocycles. The first-order valence-corrected chi connectivity index (χ1v) is 8.38. The highest BCUT2D eigenvalue weighted by atomic mass is 32.1. The van der Waals surface area contributed by atoms with Crippen molar-refractivity contribution in [3.63, 3.8) is 0 Å². The van der Waals surface area contributed by atoms with Crippen LogP contribution < -0.4 is 0 Å². The fourth-order valence-corrected chi connectivity index (χ4v) is 3.30. The van der Waals surface area contributed by atoms with Crippen LogP contribution in [0.15, 0.2) is 38.6 Å². The Morgan fingerprint density at radius 1 is 1.42 bits per heavy atom. The number of likely N-dealkylation sites (tertiary alicyclic amines) is 1. The molecule has 0 aliphatic carbocycles. The van der Waals surface area contributed by atoms with E-state index in [2.05, 4.69) is 19.8 Å². The summed E-state index contributed by atoms with van der Waals surface area (Å²) in [6.07, 6.45) is 0. The molecule has 1 fully saturated rings. The standard InChI is InChI=1S/C16H15N3O4S/c1-21-16(20)12-5-4-11(22-12)9-19-7-10(8-19)15-17-14(18-23-15)13-3-2-6-24-13/h2-6,10H,7-9H2,1H3. The third kappa shape index (κ3) is 2.85. The Labute approximate surface area is 141 Å². The maximum absolute atomic E-state index is 11.4. The molecule has 0 aromatic carbocycles. The molecule has 0 N–H and O–H groups in total. The molecule has 24 heavy (non-hydrogen) atoms. The minimum Gasteiger partial charge on any atom is -0.463 e. The number of ether oxygens (including phenoxy) is 1. The number of furan rings is 1. The molecule has 7 nitrogen and oxygen atoms in total. The SMILES string of the molecule is COC(=O)c1ccc(CN2CC(c3nc(-c4cccs4)no3)C2)o1. The molecule has 3 aromatic heterocycles. The molecule has 0 bridgehead atoms. The molecule has 0 saturated carbocycles. The summed E-state index contributed by atoms with van der Waals surface area (Å²) in [7, 11) is 1.33. The number of hydrogen-bond donors (Lipinski definition) is 0. The second kappa shape index (κ2) is 6.21. The molecule has 4 heterocycles. The van der Waals surface area contributed by atoms with Crippen LogP contribution in [0, 0.1) is 0 Å². The molecule has 3 aromatic rings. The van der Waals surface area contributed by atoms with Crippen molar-refractivity contribution in [2.24, 2.45) is 0 Å². The van der Waals surface area contributed by atoms with Crippen LogP contribution in [-0.2, 0) is 11.3 Å². The number of thiophene rings is 1. The Morgan fingerprint density at radius 2 is 2.29 bits per heavy atom. The highest BCUT2D eigenvalue weighted by Crippen LogP contribution is 2.30. The van der Waals surface area contributed by atoms with Gasteiger partial charge < -0.3 is 13.7 Å². The molecular formula is C16H15N3O4S. The maximum Gasteiger partial charge on any atom is 0.373 e. The van der Waals surface area contributed by atoms with Gasteiger partial charge in [-0.05, 0) is 23.6 Å². The lowest BCUT2D eigenvalue weighted by molar-refractivity contribution is 0.0556. The van der Waals surface area contributed by atoms with Gasteiger partial charge in [0.05, 0.1) is 24.4 Å². The molecule has 8 heteroatoms. The van der Waals surface area contributed by atoms with Crippen molar-refractivity contribution in [3.8, 4) is 10.7 Å². The normalized spacial score (nSPS) is 15.4.